The second-order valence-corrected chi connectivity index (χ2v) is 8.73. The van der Waals surface area contributed by atoms with Crippen molar-refractivity contribution in [2.45, 2.75) is 26.2 Å². The molecule has 0 bridgehead atoms. The van der Waals surface area contributed by atoms with Crippen LogP contribution in [0.3, 0.4) is 0 Å². The Bertz CT molecular complexity index is 1180. The number of rotatable bonds is 3. The Morgan fingerprint density at radius 2 is 1.54 bits per heavy atom. The minimum absolute atomic E-state index is 0.0112. The summed E-state index contributed by atoms with van der Waals surface area (Å²) >= 11 is 3.81. The third kappa shape index (κ3) is 2.78. The summed E-state index contributed by atoms with van der Waals surface area (Å²) in [6.07, 6.45) is 0. The third-order valence-electron chi connectivity index (χ3n) is 5.20. The largest absolute Gasteiger partial charge is 0.493 e. The van der Waals surface area contributed by atoms with E-state index in [-0.39, 0.29) is 5.41 Å². The van der Waals surface area contributed by atoms with E-state index < -0.39 is 0 Å². The maximum atomic E-state index is 5.67. The zero-order valence-electron chi connectivity index (χ0n) is 16.8. The molecule has 4 heteroatoms. The second-order valence-electron chi connectivity index (χ2n) is 7.94. The van der Waals surface area contributed by atoms with Gasteiger partial charge in [0.25, 0.3) is 0 Å². The van der Waals surface area contributed by atoms with E-state index in [1.54, 1.807) is 14.2 Å². The summed E-state index contributed by atoms with van der Waals surface area (Å²) < 4.78 is 14.5. The first-order valence-electron chi connectivity index (χ1n) is 9.32. The molecule has 0 N–H and O–H groups in total. The molecule has 0 saturated heterocycles. The number of aromatic nitrogens is 1. The summed E-state index contributed by atoms with van der Waals surface area (Å²) in [6, 6.07) is 19.2. The molecule has 0 unspecified atom stereocenters. The van der Waals surface area contributed by atoms with Gasteiger partial charge in [0.15, 0.2) is 11.5 Å². The number of hydrogen-bond acceptors (Lipinski definition) is 2. The topological polar surface area (TPSA) is 23.4 Å². The van der Waals surface area contributed by atoms with E-state index >= 15 is 0 Å². The van der Waals surface area contributed by atoms with E-state index in [0.717, 1.165) is 20.9 Å². The fourth-order valence-corrected chi connectivity index (χ4v) is 4.68. The van der Waals surface area contributed by atoms with Gasteiger partial charge in [-0.05, 0) is 45.1 Å². The van der Waals surface area contributed by atoms with Gasteiger partial charge in [-0.1, -0.05) is 57.2 Å². The van der Waals surface area contributed by atoms with Crippen molar-refractivity contribution in [3.05, 3.63) is 64.6 Å². The van der Waals surface area contributed by atoms with E-state index in [1.807, 2.05) is 0 Å². The highest BCUT2D eigenvalue weighted by Gasteiger charge is 2.24. The lowest BCUT2D eigenvalue weighted by molar-refractivity contribution is 0.354. The Morgan fingerprint density at radius 3 is 2.21 bits per heavy atom. The Balaban J connectivity index is 2.24. The number of halogens is 1. The molecule has 4 aromatic rings. The Hall–Kier alpha value is -2.46. The molecular weight excluding hydrogens is 414 g/mol. The van der Waals surface area contributed by atoms with Crippen molar-refractivity contribution in [1.82, 2.24) is 4.57 Å². The van der Waals surface area contributed by atoms with Gasteiger partial charge in [0.1, 0.15) is 0 Å². The average Bonchev–Trinajstić information content (AvgIpc) is 3.02. The lowest BCUT2D eigenvalue weighted by atomic mass is 9.85. The minimum Gasteiger partial charge on any atom is -0.493 e. The van der Waals surface area contributed by atoms with Crippen LogP contribution in [0.15, 0.2) is 59.1 Å². The highest BCUT2D eigenvalue weighted by molar-refractivity contribution is 9.10. The van der Waals surface area contributed by atoms with Crippen LogP contribution in [-0.2, 0) is 5.41 Å². The molecule has 3 aromatic carbocycles. The van der Waals surface area contributed by atoms with Crippen LogP contribution in [0.1, 0.15) is 26.3 Å². The molecule has 0 amide bonds. The summed E-state index contributed by atoms with van der Waals surface area (Å²) in [5, 5.41) is 2.31. The van der Waals surface area contributed by atoms with Gasteiger partial charge in [0, 0.05) is 16.5 Å². The van der Waals surface area contributed by atoms with Gasteiger partial charge in [0.2, 0.25) is 0 Å². The van der Waals surface area contributed by atoms with Crippen molar-refractivity contribution in [3.8, 4) is 17.2 Å². The fourth-order valence-electron chi connectivity index (χ4n) is 3.93. The Morgan fingerprint density at radius 1 is 0.857 bits per heavy atom. The van der Waals surface area contributed by atoms with Crippen molar-refractivity contribution < 1.29 is 9.47 Å². The summed E-state index contributed by atoms with van der Waals surface area (Å²) in [6.45, 7) is 6.75. The van der Waals surface area contributed by atoms with Crippen LogP contribution >= 0.6 is 15.9 Å². The maximum absolute atomic E-state index is 5.67. The molecule has 0 spiro atoms. The fraction of sp³-hybridized carbons (Fsp3) is 0.250. The van der Waals surface area contributed by atoms with Crippen molar-refractivity contribution in [2.24, 2.45) is 0 Å². The van der Waals surface area contributed by atoms with Crippen molar-refractivity contribution >= 4 is 37.7 Å². The van der Waals surface area contributed by atoms with Gasteiger partial charge in [-0.2, -0.15) is 0 Å². The van der Waals surface area contributed by atoms with Crippen LogP contribution in [0.25, 0.3) is 27.5 Å². The molecule has 144 valence electrons. The van der Waals surface area contributed by atoms with E-state index in [2.05, 4.69) is 95.9 Å². The summed E-state index contributed by atoms with van der Waals surface area (Å²) in [4.78, 5) is 0. The second kappa shape index (κ2) is 6.85. The van der Waals surface area contributed by atoms with Crippen LogP contribution in [0.2, 0.25) is 0 Å². The summed E-state index contributed by atoms with van der Waals surface area (Å²) in [7, 11) is 3.34. The van der Waals surface area contributed by atoms with E-state index in [9.17, 15) is 0 Å². The lowest BCUT2D eigenvalue weighted by Crippen LogP contribution is -2.15. The number of methoxy groups -OCH3 is 2. The van der Waals surface area contributed by atoms with Gasteiger partial charge in [-0.3, -0.25) is 0 Å². The quantitative estimate of drug-likeness (QED) is 0.349. The van der Waals surface area contributed by atoms with Crippen LogP contribution in [-0.4, -0.2) is 18.8 Å². The molecule has 0 aliphatic heterocycles. The van der Waals surface area contributed by atoms with Crippen LogP contribution in [0, 0.1) is 0 Å². The molecule has 4 rings (SSSR count). The zero-order chi connectivity index (χ0) is 20.1. The van der Waals surface area contributed by atoms with Gasteiger partial charge < -0.3 is 14.0 Å². The first-order valence-corrected chi connectivity index (χ1v) is 10.1. The van der Waals surface area contributed by atoms with Crippen molar-refractivity contribution in [1.29, 1.82) is 0 Å². The molecule has 0 radical (unpaired) electrons. The maximum Gasteiger partial charge on any atom is 0.177 e. The van der Waals surface area contributed by atoms with Crippen LogP contribution in [0.5, 0.6) is 11.5 Å². The number of hydrogen-bond donors (Lipinski definition) is 0. The molecule has 0 saturated carbocycles. The SMILES string of the molecule is COc1cc2c3ccccc3n(-c3ccccc3C(C)(C)C)c2c(Br)c1OC. The zero-order valence-corrected chi connectivity index (χ0v) is 18.4. The number of ether oxygens (including phenoxy) is 2. The van der Waals surface area contributed by atoms with E-state index in [4.69, 9.17) is 9.47 Å². The molecule has 1 aromatic heterocycles. The van der Waals surface area contributed by atoms with Gasteiger partial charge in [-0.25, -0.2) is 0 Å². The predicted molar refractivity (Wildman–Crippen MR) is 120 cm³/mol. The molecule has 0 atom stereocenters. The van der Waals surface area contributed by atoms with Gasteiger partial charge >= 0.3 is 0 Å². The molecule has 0 aliphatic carbocycles. The average molecular weight is 438 g/mol. The minimum atomic E-state index is 0.0112. The highest BCUT2D eigenvalue weighted by atomic mass is 79.9. The normalized spacial score (nSPS) is 11.9. The molecule has 3 nitrogen and oxygen atoms in total. The molecule has 28 heavy (non-hydrogen) atoms. The van der Waals surface area contributed by atoms with Crippen molar-refractivity contribution in [2.75, 3.05) is 14.2 Å². The first-order chi connectivity index (χ1) is 13.4. The highest BCUT2D eigenvalue weighted by Crippen LogP contribution is 2.46. The predicted octanol–water partition coefficient (Wildman–Crippen LogP) is 6.86. The first kappa shape index (κ1) is 18.9. The van der Waals surface area contributed by atoms with Crippen LogP contribution < -0.4 is 9.47 Å². The van der Waals surface area contributed by atoms with Gasteiger partial charge in [0.05, 0.1) is 29.7 Å². The van der Waals surface area contributed by atoms with E-state index in [1.165, 1.54) is 16.6 Å². The number of nitrogens with zero attached hydrogens (tertiary/aromatic N) is 1. The number of benzene rings is 3. The molecule has 1 heterocycles. The van der Waals surface area contributed by atoms with Gasteiger partial charge in [-0.15, -0.1) is 0 Å². The standard InChI is InChI=1S/C24H24BrNO2/c1-24(2,3)17-11-7-9-13-19(17)26-18-12-8-6-10-15(18)16-14-20(27-4)23(28-5)21(25)22(16)26/h6-14H,1-5H3. The molecule has 0 aliphatic rings. The van der Waals surface area contributed by atoms with E-state index in [0.29, 0.717) is 11.5 Å². The van der Waals surface area contributed by atoms with Crippen LogP contribution in [0.4, 0.5) is 0 Å². The lowest BCUT2D eigenvalue weighted by Gasteiger charge is -2.24. The number of para-hydroxylation sites is 2. The third-order valence-corrected chi connectivity index (χ3v) is 5.93. The monoisotopic (exact) mass is 437 g/mol. The number of fused-ring (bicyclic) bond motifs is 3. The summed E-state index contributed by atoms with van der Waals surface area (Å²) in [5.41, 5.74) is 4.71. The Kier molecular flexibility index (Phi) is 4.62. The Labute approximate surface area is 174 Å². The molecular formula is C24H24BrNO2. The molecule has 0 fully saturated rings. The van der Waals surface area contributed by atoms with Crippen molar-refractivity contribution in [3.63, 3.8) is 0 Å². The summed E-state index contributed by atoms with van der Waals surface area (Å²) in [5.74, 6) is 1.42. The smallest absolute Gasteiger partial charge is 0.177 e.